The van der Waals surface area contributed by atoms with Gasteiger partial charge in [-0.1, -0.05) is 18.5 Å². The molecular formula is C20H21ClN2O3. The van der Waals surface area contributed by atoms with Crippen LogP contribution in [-0.2, 0) is 9.59 Å². The Hall–Kier alpha value is -2.53. The number of carbonyl (C=O) groups excluding carboxylic acids is 2. The Bertz CT molecular complexity index is 775. The van der Waals surface area contributed by atoms with E-state index in [0.717, 1.165) is 17.9 Å². The zero-order chi connectivity index (χ0) is 18.5. The van der Waals surface area contributed by atoms with Gasteiger partial charge in [-0.2, -0.15) is 0 Å². The Balaban J connectivity index is 1.62. The van der Waals surface area contributed by atoms with Gasteiger partial charge in [0.15, 0.2) is 0 Å². The van der Waals surface area contributed by atoms with Gasteiger partial charge in [0.2, 0.25) is 11.8 Å². The van der Waals surface area contributed by atoms with Gasteiger partial charge in [-0.3, -0.25) is 9.59 Å². The molecule has 136 valence electrons. The van der Waals surface area contributed by atoms with Gasteiger partial charge in [-0.25, -0.2) is 0 Å². The molecule has 0 unspecified atom stereocenters. The van der Waals surface area contributed by atoms with E-state index in [1.54, 1.807) is 29.2 Å². The number of ether oxygens (including phenoxy) is 1. The summed E-state index contributed by atoms with van der Waals surface area (Å²) in [4.78, 5) is 26.4. The SMILES string of the molecule is CCCOc1ccc(N2C[C@H](C(=O)Nc3ccc(Cl)cc3)CC2=O)cc1. The molecule has 2 aromatic rings. The van der Waals surface area contributed by atoms with Crippen molar-refractivity contribution in [3.63, 3.8) is 0 Å². The summed E-state index contributed by atoms with van der Waals surface area (Å²) in [7, 11) is 0. The Morgan fingerprint density at radius 1 is 1.19 bits per heavy atom. The molecule has 0 spiro atoms. The standard InChI is InChI=1S/C20H21ClN2O3/c1-2-11-26-18-9-7-17(8-10-18)23-13-14(12-19(23)24)20(25)22-16-5-3-15(21)4-6-16/h3-10,14H,2,11-13H2,1H3,(H,22,25)/t14-/m1/s1. The van der Waals surface area contributed by atoms with Crippen LogP contribution in [0.2, 0.25) is 5.02 Å². The number of hydrogen-bond donors (Lipinski definition) is 1. The number of amides is 2. The van der Waals surface area contributed by atoms with E-state index < -0.39 is 0 Å². The lowest BCUT2D eigenvalue weighted by Gasteiger charge is -2.17. The second-order valence-corrected chi connectivity index (χ2v) is 6.68. The molecule has 0 aromatic heterocycles. The van der Waals surface area contributed by atoms with Gasteiger partial charge in [0, 0.05) is 29.4 Å². The van der Waals surface area contributed by atoms with E-state index in [0.29, 0.717) is 23.9 Å². The summed E-state index contributed by atoms with van der Waals surface area (Å²) >= 11 is 5.85. The molecule has 6 heteroatoms. The molecule has 0 bridgehead atoms. The van der Waals surface area contributed by atoms with Crippen LogP contribution in [0.3, 0.4) is 0 Å². The Morgan fingerprint density at radius 2 is 1.88 bits per heavy atom. The zero-order valence-corrected chi connectivity index (χ0v) is 15.3. The molecule has 1 saturated heterocycles. The fourth-order valence-corrected chi connectivity index (χ4v) is 2.98. The number of nitrogens with zero attached hydrogens (tertiary/aromatic N) is 1. The Morgan fingerprint density at radius 3 is 2.54 bits per heavy atom. The van der Waals surface area contributed by atoms with Crippen molar-refractivity contribution in [3.05, 3.63) is 53.6 Å². The third-order valence-electron chi connectivity index (χ3n) is 4.23. The molecule has 2 amide bonds. The Labute approximate surface area is 157 Å². The maximum Gasteiger partial charge on any atom is 0.229 e. The summed E-state index contributed by atoms with van der Waals surface area (Å²) in [5, 5.41) is 3.45. The number of carbonyl (C=O) groups is 2. The monoisotopic (exact) mass is 372 g/mol. The van der Waals surface area contributed by atoms with Crippen LogP contribution in [0.5, 0.6) is 5.75 Å². The van der Waals surface area contributed by atoms with Gasteiger partial charge in [0.25, 0.3) is 0 Å². The highest BCUT2D eigenvalue weighted by atomic mass is 35.5. The number of nitrogens with one attached hydrogen (secondary N) is 1. The van der Waals surface area contributed by atoms with Crippen LogP contribution in [0.25, 0.3) is 0 Å². The zero-order valence-electron chi connectivity index (χ0n) is 14.6. The van der Waals surface area contributed by atoms with E-state index >= 15 is 0 Å². The maximum absolute atomic E-state index is 12.5. The molecule has 26 heavy (non-hydrogen) atoms. The minimum Gasteiger partial charge on any atom is -0.494 e. The van der Waals surface area contributed by atoms with E-state index in [-0.39, 0.29) is 24.2 Å². The highest BCUT2D eigenvalue weighted by Gasteiger charge is 2.35. The number of rotatable bonds is 6. The summed E-state index contributed by atoms with van der Waals surface area (Å²) in [6, 6.07) is 14.3. The Kier molecular flexibility index (Phi) is 5.78. The van der Waals surface area contributed by atoms with Crippen molar-refractivity contribution in [2.45, 2.75) is 19.8 Å². The molecule has 0 saturated carbocycles. The van der Waals surface area contributed by atoms with Crippen LogP contribution in [0.4, 0.5) is 11.4 Å². The molecule has 0 radical (unpaired) electrons. The highest BCUT2D eigenvalue weighted by molar-refractivity contribution is 6.30. The first kappa shape index (κ1) is 18.3. The lowest BCUT2D eigenvalue weighted by atomic mass is 10.1. The van der Waals surface area contributed by atoms with Crippen LogP contribution >= 0.6 is 11.6 Å². The minimum atomic E-state index is -0.380. The van der Waals surface area contributed by atoms with E-state index in [1.165, 1.54) is 0 Å². The summed E-state index contributed by atoms with van der Waals surface area (Å²) in [6.45, 7) is 3.08. The van der Waals surface area contributed by atoms with Crippen molar-refractivity contribution >= 4 is 34.8 Å². The van der Waals surface area contributed by atoms with E-state index in [1.807, 2.05) is 31.2 Å². The van der Waals surface area contributed by atoms with Crippen molar-refractivity contribution in [3.8, 4) is 5.75 Å². The molecular weight excluding hydrogens is 352 g/mol. The molecule has 1 atom stereocenters. The molecule has 1 fully saturated rings. The molecule has 5 nitrogen and oxygen atoms in total. The second kappa shape index (κ2) is 8.23. The normalized spacial score (nSPS) is 16.6. The fraction of sp³-hybridized carbons (Fsp3) is 0.300. The molecule has 2 aromatic carbocycles. The van der Waals surface area contributed by atoms with Gasteiger partial charge in [-0.05, 0) is 55.0 Å². The van der Waals surface area contributed by atoms with Crippen LogP contribution in [0.1, 0.15) is 19.8 Å². The molecule has 1 N–H and O–H groups in total. The van der Waals surface area contributed by atoms with Gasteiger partial charge in [0.05, 0.1) is 12.5 Å². The van der Waals surface area contributed by atoms with E-state index in [4.69, 9.17) is 16.3 Å². The first-order valence-corrected chi connectivity index (χ1v) is 9.04. The summed E-state index contributed by atoms with van der Waals surface area (Å²) in [5.74, 6) is 0.183. The van der Waals surface area contributed by atoms with Crippen molar-refractivity contribution in [1.29, 1.82) is 0 Å². The molecule has 1 aliphatic heterocycles. The van der Waals surface area contributed by atoms with E-state index in [2.05, 4.69) is 5.32 Å². The smallest absolute Gasteiger partial charge is 0.229 e. The van der Waals surface area contributed by atoms with Gasteiger partial charge in [-0.15, -0.1) is 0 Å². The number of hydrogen-bond acceptors (Lipinski definition) is 3. The molecule has 1 aliphatic rings. The molecule has 1 heterocycles. The molecule has 0 aliphatic carbocycles. The summed E-state index contributed by atoms with van der Waals surface area (Å²) in [6.07, 6.45) is 1.14. The van der Waals surface area contributed by atoms with Crippen molar-refractivity contribution in [2.75, 3.05) is 23.4 Å². The third-order valence-corrected chi connectivity index (χ3v) is 4.48. The summed E-state index contributed by atoms with van der Waals surface area (Å²) in [5.41, 5.74) is 1.45. The number of anilines is 2. The van der Waals surface area contributed by atoms with Gasteiger partial charge >= 0.3 is 0 Å². The summed E-state index contributed by atoms with van der Waals surface area (Å²) < 4.78 is 5.56. The third kappa shape index (κ3) is 4.35. The molecule has 3 rings (SSSR count). The lowest BCUT2D eigenvalue weighted by molar-refractivity contribution is -0.122. The lowest BCUT2D eigenvalue weighted by Crippen LogP contribution is -2.28. The topological polar surface area (TPSA) is 58.6 Å². The average molecular weight is 373 g/mol. The van der Waals surface area contributed by atoms with Gasteiger partial charge < -0.3 is 15.0 Å². The largest absolute Gasteiger partial charge is 0.494 e. The van der Waals surface area contributed by atoms with Crippen molar-refractivity contribution in [2.24, 2.45) is 5.92 Å². The minimum absolute atomic E-state index is 0.0523. The quantitative estimate of drug-likeness (QED) is 0.829. The van der Waals surface area contributed by atoms with Crippen LogP contribution in [0, 0.1) is 5.92 Å². The predicted octanol–water partition coefficient (Wildman–Crippen LogP) is 4.12. The van der Waals surface area contributed by atoms with Gasteiger partial charge in [0.1, 0.15) is 5.75 Å². The average Bonchev–Trinajstić information content (AvgIpc) is 3.04. The predicted molar refractivity (Wildman–Crippen MR) is 103 cm³/mol. The van der Waals surface area contributed by atoms with Crippen molar-refractivity contribution in [1.82, 2.24) is 0 Å². The van der Waals surface area contributed by atoms with Crippen LogP contribution in [-0.4, -0.2) is 25.0 Å². The maximum atomic E-state index is 12.5. The second-order valence-electron chi connectivity index (χ2n) is 6.24. The van der Waals surface area contributed by atoms with Crippen molar-refractivity contribution < 1.29 is 14.3 Å². The first-order valence-electron chi connectivity index (χ1n) is 8.66. The fourth-order valence-electron chi connectivity index (χ4n) is 2.85. The van der Waals surface area contributed by atoms with Crippen LogP contribution < -0.4 is 15.0 Å². The number of halogens is 1. The number of benzene rings is 2. The van der Waals surface area contributed by atoms with E-state index in [9.17, 15) is 9.59 Å². The van der Waals surface area contributed by atoms with Crippen LogP contribution in [0.15, 0.2) is 48.5 Å². The highest BCUT2D eigenvalue weighted by Crippen LogP contribution is 2.28. The first-order chi connectivity index (χ1) is 12.6.